The second-order valence-corrected chi connectivity index (χ2v) is 4.43. The Labute approximate surface area is 116 Å². The van der Waals surface area contributed by atoms with Gasteiger partial charge in [-0.3, -0.25) is 4.18 Å². The van der Waals surface area contributed by atoms with Crippen LogP contribution in [0.15, 0.2) is 0 Å². The molecule has 6 N–H and O–H groups in total. The number of aromatic hydroxyl groups is 5. The smallest absolute Gasteiger partial charge is 0.339 e. The maximum Gasteiger partial charge on any atom is 0.339 e. The number of phenolic OH excluding ortho intramolecular Hbond substituents is 5. The Kier molecular flexibility index (Phi) is 4.59. The third kappa shape index (κ3) is 2.44. The SMILES string of the molecule is O=C(O)C(OSI)c1c(O)c(O)c(O)c(O)c1O. The van der Waals surface area contributed by atoms with E-state index in [-0.39, 0.29) is 0 Å². The van der Waals surface area contributed by atoms with Gasteiger partial charge in [0.25, 0.3) is 0 Å². The molecule has 0 spiro atoms. The number of hydrogen-bond acceptors (Lipinski definition) is 8. The van der Waals surface area contributed by atoms with E-state index in [9.17, 15) is 25.2 Å². The summed E-state index contributed by atoms with van der Waals surface area (Å²) in [5, 5.41) is 55.5. The second kappa shape index (κ2) is 5.58. The number of rotatable bonds is 4. The Balaban J connectivity index is 3.52. The number of carbonyl (C=O) groups is 1. The third-order valence-corrected chi connectivity index (χ3v) is 2.91. The van der Waals surface area contributed by atoms with Crippen LogP contribution in [0.4, 0.5) is 0 Å². The number of carboxylic acids is 1. The second-order valence-electron chi connectivity index (χ2n) is 3.03. The molecule has 0 saturated heterocycles. The number of benzene rings is 1. The van der Waals surface area contributed by atoms with Gasteiger partial charge < -0.3 is 30.6 Å². The van der Waals surface area contributed by atoms with Gasteiger partial charge in [0.2, 0.25) is 23.4 Å². The van der Waals surface area contributed by atoms with Crippen molar-refractivity contribution >= 4 is 36.4 Å². The average molecular weight is 390 g/mol. The molecule has 0 aromatic heterocycles. The predicted molar refractivity (Wildman–Crippen MR) is 67.8 cm³/mol. The molecule has 0 aliphatic carbocycles. The fourth-order valence-electron chi connectivity index (χ4n) is 1.20. The molecule has 1 rings (SSSR count). The molecule has 0 bridgehead atoms. The van der Waals surface area contributed by atoms with E-state index in [0.29, 0.717) is 9.21 Å². The molecule has 0 aliphatic heterocycles. The Morgan fingerprint density at radius 1 is 1.00 bits per heavy atom. The molecule has 10 heteroatoms. The van der Waals surface area contributed by atoms with Crippen LogP contribution in [-0.4, -0.2) is 36.6 Å². The molecular weight excluding hydrogens is 383 g/mol. The molecule has 0 saturated carbocycles. The van der Waals surface area contributed by atoms with Gasteiger partial charge in [-0.15, -0.1) is 0 Å². The van der Waals surface area contributed by atoms with E-state index in [1.807, 2.05) is 0 Å². The highest BCUT2D eigenvalue weighted by Gasteiger charge is 2.33. The van der Waals surface area contributed by atoms with Gasteiger partial charge in [-0.05, 0) is 0 Å². The molecule has 100 valence electrons. The fourth-order valence-corrected chi connectivity index (χ4v) is 2.08. The lowest BCUT2D eigenvalue weighted by Gasteiger charge is -2.16. The summed E-state index contributed by atoms with van der Waals surface area (Å²) in [6.07, 6.45) is -1.84. The van der Waals surface area contributed by atoms with Crippen molar-refractivity contribution in [2.24, 2.45) is 0 Å². The largest absolute Gasteiger partial charge is 0.504 e. The topological polar surface area (TPSA) is 148 Å². The summed E-state index contributed by atoms with van der Waals surface area (Å²) in [6.45, 7) is 0. The minimum absolute atomic E-state index is 0.607. The van der Waals surface area contributed by atoms with Gasteiger partial charge in [0.15, 0.2) is 11.5 Å². The number of aliphatic carboxylic acids is 1. The molecule has 0 radical (unpaired) electrons. The summed E-state index contributed by atoms with van der Waals surface area (Å²) < 4.78 is 4.68. The molecule has 0 heterocycles. The quantitative estimate of drug-likeness (QED) is 0.194. The van der Waals surface area contributed by atoms with E-state index in [1.54, 1.807) is 21.2 Å². The maximum absolute atomic E-state index is 10.9. The summed E-state index contributed by atoms with van der Waals surface area (Å²) in [7, 11) is 0.607. The van der Waals surface area contributed by atoms with Crippen LogP contribution >= 0.6 is 30.4 Å². The Morgan fingerprint density at radius 3 is 1.72 bits per heavy atom. The van der Waals surface area contributed by atoms with E-state index in [2.05, 4.69) is 4.18 Å². The zero-order chi connectivity index (χ0) is 14.0. The molecule has 0 aliphatic rings. The number of phenols is 5. The minimum Gasteiger partial charge on any atom is -0.504 e. The van der Waals surface area contributed by atoms with Crippen molar-refractivity contribution in [1.29, 1.82) is 0 Å². The first-order valence-electron chi connectivity index (χ1n) is 4.18. The number of carboxylic acid groups (broad SMARTS) is 1. The molecule has 1 aromatic carbocycles. The summed E-state index contributed by atoms with van der Waals surface area (Å²) in [6, 6.07) is 0. The predicted octanol–water partition coefficient (Wildman–Crippen LogP) is 1.36. The first-order chi connectivity index (χ1) is 8.32. The van der Waals surface area contributed by atoms with Gasteiger partial charge >= 0.3 is 5.97 Å². The van der Waals surface area contributed by atoms with E-state index < -0.39 is 46.4 Å². The molecule has 0 fully saturated rings. The first-order valence-corrected chi connectivity index (χ1v) is 7.46. The van der Waals surface area contributed by atoms with Crippen LogP contribution in [0.1, 0.15) is 11.7 Å². The van der Waals surface area contributed by atoms with E-state index >= 15 is 0 Å². The van der Waals surface area contributed by atoms with Crippen LogP contribution in [0.3, 0.4) is 0 Å². The van der Waals surface area contributed by atoms with Gasteiger partial charge in [-0.2, -0.15) is 0 Å². The molecule has 1 aromatic rings. The van der Waals surface area contributed by atoms with Crippen molar-refractivity contribution in [3.63, 3.8) is 0 Å². The van der Waals surface area contributed by atoms with Crippen molar-refractivity contribution in [3.05, 3.63) is 5.56 Å². The highest BCUT2D eigenvalue weighted by Crippen LogP contribution is 2.53. The number of hydrogen-bond donors (Lipinski definition) is 6. The van der Waals surface area contributed by atoms with Crippen LogP contribution in [0.25, 0.3) is 0 Å². The van der Waals surface area contributed by atoms with Gasteiger partial charge in [-0.25, -0.2) is 4.79 Å². The van der Waals surface area contributed by atoms with E-state index in [1.165, 1.54) is 0 Å². The van der Waals surface area contributed by atoms with Crippen molar-refractivity contribution < 1.29 is 39.6 Å². The van der Waals surface area contributed by atoms with Crippen LogP contribution < -0.4 is 0 Å². The van der Waals surface area contributed by atoms with Gasteiger partial charge in [0.05, 0.1) is 14.8 Å². The molecule has 8 nitrogen and oxygen atoms in total. The summed E-state index contributed by atoms with van der Waals surface area (Å²) >= 11 is 1.60. The lowest BCUT2D eigenvalue weighted by atomic mass is 10.0. The van der Waals surface area contributed by atoms with Crippen molar-refractivity contribution in [1.82, 2.24) is 0 Å². The highest BCUT2D eigenvalue weighted by molar-refractivity contribution is 14.2. The third-order valence-electron chi connectivity index (χ3n) is 2.03. The van der Waals surface area contributed by atoms with Crippen LogP contribution in [-0.2, 0) is 8.98 Å². The number of halogens is 1. The van der Waals surface area contributed by atoms with Crippen molar-refractivity contribution in [3.8, 4) is 28.7 Å². The molecule has 1 unspecified atom stereocenters. The molecule has 0 amide bonds. The van der Waals surface area contributed by atoms with Crippen molar-refractivity contribution in [2.75, 3.05) is 0 Å². The monoisotopic (exact) mass is 390 g/mol. The first kappa shape index (κ1) is 14.8. The lowest BCUT2D eigenvalue weighted by molar-refractivity contribution is -0.144. The fraction of sp³-hybridized carbons (Fsp3) is 0.125. The summed E-state index contributed by atoms with van der Waals surface area (Å²) in [4.78, 5) is 10.9. The molecule has 18 heavy (non-hydrogen) atoms. The Morgan fingerprint density at radius 2 is 1.39 bits per heavy atom. The minimum atomic E-state index is -1.84. The molecule has 1 atom stereocenters. The summed E-state index contributed by atoms with van der Waals surface area (Å²) in [5.74, 6) is -7.25. The zero-order valence-electron chi connectivity index (χ0n) is 8.36. The summed E-state index contributed by atoms with van der Waals surface area (Å²) in [5.41, 5.74) is -0.764. The van der Waals surface area contributed by atoms with Gasteiger partial charge in [0, 0.05) is 21.2 Å². The zero-order valence-corrected chi connectivity index (χ0v) is 11.3. The normalized spacial score (nSPS) is 12.3. The van der Waals surface area contributed by atoms with Crippen LogP contribution in [0.5, 0.6) is 28.7 Å². The van der Waals surface area contributed by atoms with Crippen LogP contribution in [0.2, 0.25) is 0 Å². The van der Waals surface area contributed by atoms with Gasteiger partial charge in [0.1, 0.15) is 0 Å². The van der Waals surface area contributed by atoms with Gasteiger partial charge in [-0.1, -0.05) is 0 Å². The van der Waals surface area contributed by atoms with E-state index in [0.717, 1.165) is 0 Å². The Bertz CT molecular complexity index is 461. The standard InChI is InChI=1S/C8H7IO8S/c9-18-17-7(8(15)16)1-2(10)4(12)6(14)5(13)3(1)11/h7,10-14H,(H,15,16). The van der Waals surface area contributed by atoms with Crippen LogP contribution in [0, 0.1) is 0 Å². The van der Waals surface area contributed by atoms with E-state index in [4.69, 9.17) is 10.2 Å². The Hall–Kier alpha value is -1.27. The van der Waals surface area contributed by atoms with Crippen molar-refractivity contribution in [2.45, 2.75) is 6.10 Å². The maximum atomic E-state index is 10.9. The highest BCUT2D eigenvalue weighted by atomic mass is 127. The average Bonchev–Trinajstić information content (AvgIpc) is 2.33. The lowest BCUT2D eigenvalue weighted by Crippen LogP contribution is -2.12. The molecular formula is C8H7IO8S.